The number of hydrogen-bond donors (Lipinski definition) is 1. The molecule has 0 atom stereocenters. The Morgan fingerprint density at radius 3 is 2.22 bits per heavy atom. The molecule has 0 spiro atoms. The molecule has 4 heteroatoms. The van der Waals surface area contributed by atoms with Gasteiger partial charge in [-0.2, -0.15) is 0 Å². The summed E-state index contributed by atoms with van der Waals surface area (Å²) >= 11 is 0. The molecule has 0 unspecified atom stereocenters. The monoisotopic (exact) mass is 270 g/mol. The second kappa shape index (κ2) is 9.85. The highest BCUT2D eigenvalue weighted by Gasteiger charge is 2.02. The van der Waals surface area contributed by atoms with Gasteiger partial charge in [-0.1, -0.05) is 56.7 Å². The quantitative estimate of drug-likeness (QED) is 0.809. The zero-order chi connectivity index (χ0) is 13.9. The average Bonchev–Trinajstić information content (AvgIpc) is 2.40. The summed E-state index contributed by atoms with van der Waals surface area (Å²) in [5.41, 5.74) is 0.965. The molecule has 0 amide bonds. The molecule has 0 saturated carbocycles. The van der Waals surface area contributed by atoms with Crippen molar-refractivity contribution in [2.75, 3.05) is 5.75 Å². The van der Waals surface area contributed by atoms with E-state index < -0.39 is 9.84 Å². The van der Waals surface area contributed by atoms with Crippen LogP contribution in [-0.4, -0.2) is 19.3 Å². The topological polar surface area (TPSA) is 54.4 Å². The number of hydrogen-bond acceptors (Lipinski definition) is 3. The van der Waals surface area contributed by atoms with Crippen molar-refractivity contribution in [2.24, 2.45) is 0 Å². The lowest BCUT2D eigenvalue weighted by Gasteiger charge is -1.95. The third-order valence-corrected chi connectivity index (χ3v) is 3.68. The Balaban J connectivity index is 0.000000327. The van der Waals surface area contributed by atoms with E-state index in [0.29, 0.717) is 0 Å². The van der Waals surface area contributed by atoms with Crippen LogP contribution < -0.4 is 0 Å². The summed E-state index contributed by atoms with van der Waals surface area (Å²) in [7, 11) is -2.93. The largest absolute Gasteiger partial charge is 0.392 e. The highest BCUT2D eigenvalue weighted by atomic mass is 32.2. The molecule has 3 nitrogen and oxygen atoms in total. The minimum absolute atomic E-state index is 0.140. The molecule has 0 bridgehead atoms. The number of aliphatic hydroxyl groups excluding tert-OH is 1. The molecule has 18 heavy (non-hydrogen) atoms. The van der Waals surface area contributed by atoms with Gasteiger partial charge in [-0.3, -0.25) is 0 Å². The first-order valence-corrected chi connectivity index (χ1v) is 7.77. The van der Waals surface area contributed by atoms with Crippen molar-refractivity contribution in [3.63, 3.8) is 0 Å². The summed E-state index contributed by atoms with van der Waals surface area (Å²) in [5.74, 6) is 0.254. The van der Waals surface area contributed by atoms with Gasteiger partial charge in [0.15, 0.2) is 9.84 Å². The molecular weight excluding hydrogens is 248 g/mol. The van der Waals surface area contributed by atoms with E-state index in [1.165, 1.54) is 0 Å². The van der Waals surface area contributed by atoms with Crippen LogP contribution >= 0.6 is 0 Å². The van der Waals surface area contributed by atoms with Crippen molar-refractivity contribution in [1.29, 1.82) is 0 Å². The van der Waals surface area contributed by atoms with Gasteiger partial charge in [0.2, 0.25) is 0 Å². The fraction of sp³-hybridized carbons (Fsp3) is 0.429. The van der Waals surface area contributed by atoms with Gasteiger partial charge in [-0.05, 0) is 12.0 Å². The SMILES string of the molecule is C=CS(=O)(=O)CCCCC.OCc1ccccc1. The van der Waals surface area contributed by atoms with Crippen LogP contribution in [0.15, 0.2) is 42.3 Å². The minimum atomic E-state index is -2.93. The highest BCUT2D eigenvalue weighted by Crippen LogP contribution is 1.99. The Labute approximate surface area is 110 Å². The van der Waals surface area contributed by atoms with Gasteiger partial charge in [0.1, 0.15) is 0 Å². The molecule has 0 aliphatic heterocycles. The van der Waals surface area contributed by atoms with Crippen LogP contribution in [0.3, 0.4) is 0 Å². The predicted octanol–water partition coefficient (Wildman–Crippen LogP) is 2.91. The van der Waals surface area contributed by atoms with Crippen molar-refractivity contribution in [1.82, 2.24) is 0 Å². The highest BCUT2D eigenvalue weighted by molar-refractivity contribution is 7.94. The Hall–Kier alpha value is -1.13. The molecule has 0 radical (unpaired) electrons. The maximum absolute atomic E-state index is 10.8. The number of unbranched alkanes of at least 4 members (excludes halogenated alkanes) is 2. The van der Waals surface area contributed by atoms with E-state index in [0.717, 1.165) is 30.2 Å². The second-order valence-electron chi connectivity index (χ2n) is 3.88. The van der Waals surface area contributed by atoms with E-state index in [1.807, 2.05) is 37.3 Å². The van der Waals surface area contributed by atoms with Gasteiger partial charge >= 0.3 is 0 Å². The zero-order valence-corrected chi connectivity index (χ0v) is 11.7. The van der Waals surface area contributed by atoms with Crippen LogP contribution in [0.2, 0.25) is 0 Å². The number of sulfone groups is 1. The molecule has 102 valence electrons. The average molecular weight is 270 g/mol. The first-order valence-electron chi connectivity index (χ1n) is 6.05. The molecule has 0 aromatic heterocycles. The van der Waals surface area contributed by atoms with Crippen molar-refractivity contribution in [2.45, 2.75) is 32.8 Å². The predicted molar refractivity (Wildman–Crippen MR) is 75.9 cm³/mol. The standard InChI is InChI=1S/C7H14O2S.C7H8O/c1-3-5-6-7-10(8,9)4-2;8-6-7-4-2-1-3-5-7/h4H,2-3,5-7H2,1H3;1-5,8H,6H2. The normalized spacial score (nSPS) is 10.3. The summed E-state index contributed by atoms with van der Waals surface area (Å²) in [5, 5.41) is 9.57. The van der Waals surface area contributed by atoms with Gasteiger partial charge in [-0.15, -0.1) is 0 Å². The van der Waals surface area contributed by atoms with Crippen LogP contribution in [0.4, 0.5) is 0 Å². The molecule has 1 N–H and O–H groups in total. The lowest BCUT2D eigenvalue weighted by atomic mass is 10.2. The van der Waals surface area contributed by atoms with Crippen LogP contribution in [0, 0.1) is 0 Å². The maximum Gasteiger partial charge on any atom is 0.171 e. The molecule has 1 aromatic rings. The van der Waals surface area contributed by atoms with Gasteiger partial charge in [0.25, 0.3) is 0 Å². The lowest BCUT2D eigenvalue weighted by Crippen LogP contribution is -2.00. The van der Waals surface area contributed by atoms with Gasteiger partial charge in [0, 0.05) is 5.41 Å². The second-order valence-corrected chi connectivity index (χ2v) is 5.95. The van der Waals surface area contributed by atoms with Gasteiger partial charge < -0.3 is 5.11 Å². The first-order chi connectivity index (χ1) is 8.55. The molecule has 0 aliphatic rings. The van der Waals surface area contributed by atoms with E-state index in [9.17, 15) is 8.42 Å². The lowest BCUT2D eigenvalue weighted by molar-refractivity contribution is 0.282. The smallest absolute Gasteiger partial charge is 0.171 e. The minimum Gasteiger partial charge on any atom is -0.392 e. The van der Waals surface area contributed by atoms with E-state index >= 15 is 0 Å². The molecular formula is C14H22O3S. The summed E-state index contributed by atoms with van der Waals surface area (Å²) in [6.07, 6.45) is 2.78. The summed E-state index contributed by atoms with van der Waals surface area (Å²) in [6, 6.07) is 9.52. The molecule has 0 saturated heterocycles. The van der Waals surface area contributed by atoms with E-state index in [2.05, 4.69) is 6.58 Å². The Bertz CT molecular complexity index is 410. The van der Waals surface area contributed by atoms with Crippen LogP contribution in [-0.2, 0) is 16.4 Å². The summed E-state index contributed by atoms with van der Waals surface area (Å²) < 4.78 is 21.5. The zero-order valence-electron chi connectivity index (χ0n) is 10.9. The van der Waals surface area contributed by atoms with Gasteiger partial charge in [0.05, 0.1) is 12.4 Å². The molecule has 1 rings (SSSR count). The van der Waals surface area contributed by atoms with Crippen molar-refractivity contribution < 1.29 is 13.5 Å². The van der Waals surface area contributed by atoms with E-state index in [4.69, 9.17) is 5.11 Å². The van der Waals surface area contributed by atoms with Gasteiger partial charge in [-0.25, -0.2) is 8.42 Å². The number of rotatable bonds is 6. The molecule has 1 aromatic carbocycles. The third kappa shape index (κ3) is 8.96. The van der Waals surface area contributed by atoms with Crippen molar-refractivity contribution in [3.05, 3.63) is 47.9 Å². The molecule has 0 heterocycles. The van der Waals surface area contributed by atoms with Crippen LogP contribution in [0.1, 0.15) is 31.7 Å². The fourth-order valence-corrected chi connectivity index (χ4v) is 1.99. The van der Waals surface area contributed by atoms with E-state index in [1.54, 1.807) is 0 Å². The maximum atomic E-state index is 10.8. The van der Waals surface area contributed by atoms with Crippen molar-refractivity contribution >= 4 is 9.84 Å². The number of aliphatic hydroxyl groups is 1. The Morgan fingerprint density at radius 2 is 1.83 bits per heavy atom. The van der Waals surface area contributed by atoms with Crippen molar-refractivity contribution in [3.8, 4) is 0 Å². The first kappa shape index (κ1) is 16.9. The number of benzene rings is 1. The van der Waals surface area contributed by atoms with E-state index in [-0.39, 0.29) is 12.4 Å². The molecule has 0 aliphatic carbocycles. The summed E-state index contributed by atoms with van der Waals surface area (Å²) in [4.78, 5) is 0. The summed E-state index contributed by atoms with van der Waals surface area (Å²) in [6.45, 7) is 5.41. The fourth-order valence-electron chi connectivity index (χ4n) is 1.22. The molecule has 0 fully saturated rings. The van der Waals surface area contributed by atoms with Crippen LogP contribution in [0.25, 0.3) is 0 Å². The Kier molecular flexibility index (Phi) is 9.24. The van der Waals surface area contributed by atoms with Crippen LogP contribution in [0.5, 0.6) is 0 Å². The Morgan fingerprint density at radius 1 is 1.22 bits per heavy atom. The third-order valence-electron chi connectivity index (χ3n) is 2.31.